The summed E-state index contributed by atoms with van der Waals surface area (Å²) in [5.74, 6) is 0.148. The van der Waals surface area contributed by atoms with Gasteiger partial charge in [0, 0.05) is 5.39 Å². The van der Waals surface area contributed by atoms with Crippen LogP contribution in [0.2, 0.25) is 0 Å². The van der Waals surface area contributed by atoms with Gasteiger partial charge >= 0.3 is 0 Å². The van der Waals surface area contributed by atoms with E-state index in [-0.39, 0.29) is 11.9 Å². The van der Waals surface area contributed by atoms with Crippen LogP contribution >= 0.6 is 0 Å². The number of para-hydroxylation sites is 1. The van der Waals surface area contributed by atoms with Crippen molar-refractivity contribution in [3.05, 3.63) is 71.5 Å². The number of furan rings is 1. The number of carbonyl (C=O) groups is 1. The SMILES string of the molecule is Cc1ccc([C@H](C)NC(=O)c2cc3ccccc3o2)cc1. The molecule has 0 saturated heterocycles. The van der Waals surface area contributed by atoms with E-state index in [2.05, 4.69) is 5.32 Å². The molecular formula is C18H17NO2. The highest BCUT2D eigenvalue weighted by atomic mass is 16.3. The van der Waals surface area contributed by atoms with Crippen LogP contribution in [0.15, 0.2) is 59.0 Å². The first-order valence-electron chi connectivity index (χ1n) is 6.99. The van der Waals surface area contributed by atoms with E-state index in [0.29, 0.717) is 5.76 Å². The lowest BCUT2D eigenvalue weighted by molar-refractivity contribution is 0.0914. The maximum absolute atomic E-state index is 12.3. The van der Waals surface area contributed by atoms with Crippen LogP contribution in [0, 0.1) is 6.92 Å². The topological polar surface area (TPSA) is 42.2 Å². The van der Waals surface area contributed by atoms with Crippen LogP contribution < -0.4 is 5.32 Å². The van der Waals surface area contributed by atoms with Crippen molar-refractivity contribution in [2.45, 2.75) is 19.9 Å². The Kier molecular flexibility index (Phi) is 3.48. The zero-order valence-corrected chi connectivity index (χ0v) is 12.1. The molecule has 0 saturated carbocycles. The van der Waals surface area contributed by atoms with E-state index in [1.54, 1.807) is 6.07 Å². The second-order valence-electron chi connectivity index (χ2n) is 5.25. The number of fused-ring (bicyclic) bond motifs is 1. The minimum Gasteiger partial charge on any atom is -0.451 e. The third-order valence-corrected chi connectivity index (χ3v) is 3.57. The Balaban J connectivity index is 1.77. The standard InChI is InChI=1S/C18H17NO2/c1-12-7-9-14(10-8-12)13(2)19-18(20)17-11-15-5-3-4-6-16(15)21-17/h3-11,13H,1-2H3,(H,19,20)/t13-/m0/s1. The number of aryl methyl sites for hydroxylation is 1. The molecule has 0 aliphatic carbocycles. The first-order valence-corrected chi connectivity index (χ1v) is 6.99. The van der Waals surface area contributed by atoms with E-state index in [1.165, 1.54) is 5.56 Å². The van der Waals surface area contributed by atoms with Gasteiger partial charge in [-0.1, -0.05) is 48.0 Å². The highest BCUT2D eigenvalue weighted by Gasteiger charge is 2.15. The summed E-state index contributed by atoms with van der Waals surface area (Å²) < 4.78 is 5.57. The molecule has 0 fully saturated rings. The predicted molar refractivity (Wildman–Crippen MR) is 83.3 cm³/mol. The van der Waals surface area contributed by atoms with Gasteiger partial charge < -0.3 is 9.73 Å². The minimum absolute atomic E-state index is 0.0636. The quantitative estimate of drug-likeness (QED) is 0.779. The number of carbonyl (C=O) groups excluding carboxylic acids is 1. The van der Waals surface area contributed by atoms with Crippen molar-refractivity contribution in [3.63, 3.8) is 0 Å². The summed E-state index contributed by atoms with van der Waals surface area (Å²) in [6.07, 6.45) is 0. The van der Waals surface area contributed by atoms with E-state index >= 15 is 0 Å². The van der Waals surface area contributed by atoms with Gasteiger partial charge in [-0.05, 0) is 31.5 Å². The lowest BCUT2D eigenvalue weighted by Crippen LogP contribution is -2.26. The molecule has 21 heavy (non-hydrogen) atoms. The Morgan fingerprint density at radius 3 is 2.52 bits per heavy atom. The van der Waals surface area contributed by atoms with Gasteiger partial charge in [0.2, 0.25) is 0 Å². The molecule has 1 heterocycles. The second kappa shape index (κ2) is 5.44. The summed E-state index contributed by atoms with van der Waals surface area (Å²) in [6, 6.07) is 17.4. The highest BCUT2D eigenvalue weighted by molar-refractivity contribution is 5.96. The Morgan fingerprint density at radius 2 is 1.81 bits per heavy atom. The molecule has 3 heteroatoms. The lowest BCUT2D eigenvalue weighted by atomic mass is 10.1. The molecule has 0 unspecified atom stereocenters. The maximum atomic E-state index is 12.3. The molecule has 0 spiro atoms. The van der Waals surface area contributed by atoms with Crippen LogP contribution in [0.25, 0.3) is 11.0 Å². The van der Waals surface area contributed by atoms with E-state index in [4.69, 9.17) is 4.42 Å². The third kappa shape index (κ3) is 2.82. The van der Waals surface area contributed by atoms with E-state index < -0.39 is 0 Å². The molecule has 1 atom stereocenters. The third-order valence-electron chi connectivity index (χ3n) is 3.57. The molecule has 0 aliphatic rings. The van der Waals surface area contributed by atoms with Crippen molar-refractivity contribution in [2.24, 2.45) is 0 Å². The van der Waals surface area contributed by atoms with E-state index in [0.717, 1.165) is 16.5 Å². The molecule has 3 rings (SSSR count). The van der Waals surface area contributed by atoms with Gasteiger partial charge in [-0.15, -0.1) is 0 Å². The van der Waals surface area contributed by atoms with Crippen molar-refractivity contribution in [3.8, 4) is 0 Å². The fourth-order valence-electron chi connectivity index (χ4n) is 2.30. The van der Waals surface area contributed by atoms with Crippen LogP contribution in [-0.2, 0) is 0 Å². The van der Waals surface area contributed by atoms with Crippen LogP contribution in [0.4, 0.5) is 0 Å². The largest absolute Gasteiger partial charge is 0.451 e. The normalized spacial score (nSPS) is 12.3. The van der Waals surface area contributed by atoms with Crippen LogP contribution in [0.1, 0.15) is 34.6 Å². The number of nitrogens with one attached hydrogen (secondary N) is 1. The molecule has 1 N–H and O–H groups in total. The van der Waals surface area contributed by atoms with Crippen LogP contribution in [-0.4, -0.2) is 5.91 Å². The first-order chi connectivity index (χ1) is 10.1. The number of hydrogen-bond donors (Lipinski definition) is 1. The summed E-state index contributed by atoms with van der Waals surface area (Å²) in [7, 11) is 0. The van der Waals surface area contributed by atoms with E-state index in [1.807, 2.05) is 62.4 Å². The number of amides is 1. The molecule has 3 nitrogen and oxygen atoms in total. The van der Waals surface area contributed by atoms with Gasteiger partial charge in [0.25, 0.3) is 5.91 Å². The molecule has 1 amide bonds. The summed E-state index contributed by atoms with van der Waals surface area (Å²) in [6.45, 7) is 4.01. The summed E-state index contributed by atoms with van der Waals surface area (Å²) in [5, 5.41) is 3.90. The van der Waals surface area contributed by atoms with E-state index in [9.17, 15) is 4.79 Å². The first kappa shape index (κ1) is 13.4. The highest BCUT2D eigenvalue weighted by Crippen LogP contribution is 2.20. The van der Waals surface area contributed by atoms with Crippen molar-refractivity contribution in [1.29, 1.82) is 0 Å². The molecule has 0 bridgehead atoms. The molecule has 3 aromatic rings. The van der Waals surface area contributed by atoms with Crippen LogP contribution in [0.3, 0.4) is 0 Å². The number of benzene rings is 2. The monoisotopic (exact) mass is 279 g/mol. The van der Waals surface area contributed by atoms with Gasteiger partial charge in [0.15, 0.2) is 5.76 Å². The van der Waals surface area contributed by atoms with Gasteiger partial charge in [0.05, 0.1) is 6.04 Å². The molecule has 0 radical (unpaired) electrons. The Hall–Kier alpha value is -2.55. The van der Waals surface area contributed by atoms with Gasteiger partial charge in [-0.25, -0.2) is 0 Å². The zero-order chi connectivity index (χ0) is 14.8. The summed E-state index contributed by atoms with van der Waals surface area (Å²) in [4.78, 5) is 12.3. The number of rotatable bonds is 3. The fraction of sp³-hybridized carbons (Fsp3) is 0.167. The molecule has 106 valence electrons. The lowest BCUT2D eigenvalue weighted by Gasteiger charge is -2.13. The smallest absolute Gasteiger partial charge is 0.287 e. The van der Waals surface area contributed by atoms with Crippen molar-refractivity contribution in [1.82, 2.24) is 5.32 Å². The van der Waals surface area contributed by atoms with Gasteiger partial charge in [0.1, 0.15) is 5.58 Å². The van der Waals surface area contributed by atoms with Crippen molar-refractivity contribution >= 4 is 16.9 Å². The average molecular weight is 279 g/mol. The Morgan fingerprint density at radius 1 is 1.10 bits per heavy atom. The summed E-state index contributed by atoms with van der Waals surface area (Å²) >= 11 is 0. The summed E-state index contributed by atoms with van der Waals surface area (Å²) in [5.41, 5.74) is 3.00. The van der Waals surface area contributed by atoms with Crippen molar-refractivity contribution < 1.29 is 9.21 Å². The fourth-order valence-corrected chi connectivity index (χ4v) is 2.30. The maximum Gasteiger partial charge on any atom is 0.287 e. The minimum atomic E-state index is -0.195. The van der Waals surface area contributed by atoms with Gasteiger partial charge in [-0.3, -0.25) is 4.79 Å². The average Bonchev–Trinajstić information content (AvgIpc) is 2.92. The molecule has 1 aromatic heterocycles. The molecule has 0 aliphatic heterocycles. The number of hydrogen-bond acceptors (Lipinski definition) is 2. The molecular weight excluding hydrogens is 262 g/mol. The predicted octanol–water partition coefficient (Wildman–Crippen LogP) is 4.23. The zero-order valence-electron chi connectivity index (χ0n) is 12.1. The van der Waals surface area contributed by atoms with Crippen LogP contribution in [0.5, 0.6) is 0 Å². The Bertz CT molecular complexity index is 738. The second-order valence-corrected chi connectivity index (χ2v) is 5.25. The Labute approximate surface area is 123 Å². The van der Waals surface area contributed by atoms with Crippen molar-refractivity contribution in [2.75, 3.05) is 0 Å². The van der Waals surface area contributed by atoms with Gasteiger partial charge in [-0.2, -0.15) is 0 Å². The molecule has 2 aromatic carbocycles.